The summed E-state index contributed by atoms with van der Waals surface area (Å²) >= 11 is 0. The van der Waals surface area contributed by atoms with Gasteiger partial charge in [0.25, 0.3) is 0 Å². The summed E-state index contributed by atoms with van der Waals surface area (Å²) in [6, 6.07) is 10.7. The van der Waals surface area contributed by atoms with Gasteiger partial charge < -0.3 is 4.74 Å². The first kappa shape index (κ1) is 19.0. The van der Waals surface area contributed by atoms with Gasteiger partial charge in [-0.3, -0.25) is 9.36 Å². The fourth-order valence-corrected chi connectivity index (χ4v) is 2.79. The first-order chi connectivity index (χ1) is 13.3. The number of methoxy groups -OCH3 is 1. The zero-order valence-electron chi connectivity index (χ0n) is 14.9. The van der Waals surface area contributed by atoms with Crippen LogP contribution in [-0.2, 0) is 4.74 Å². The maximum Gasteiger partial charge on any atom is 0.426 e. The molecular weight excluding hydrogens is 372 g/mol. The normalized spacial score (nSPS) is 10.6. The number of rotatable bonds is 4. The third-order valence-electron chi connectivity index (χ3n) is 4.07. The van der Waals surface area contributed by atoms with Crippen molar-refractivity contribution in [1.29, 1.82) is 0 Å². The highest BCUT2D eigenvalue weighted by Crippen LogP contribution is 2.19. The molecule has 1 N–H and O–H groups in total. The number of carbonyl (C=O) groups is 2. The molecule has 0 unspecified atom stereocenters. The number of hydrogen-bond donors (Lipinski definition) is 1. The number of ketones is 1. The van der Waals surface area contributed by atoms with Crippen molar-refractivity contribution in [3.63, 3.8) is 0 Å². The molecule has 0 saturated carbocycles. The minimum atomic E-state index is -1.00. The minimum Gasteiger partial charge on any atom is -0.452 e. The summed E-state index contributed by atoms with van der Waals surface area (Å²) in [7, 11) is 1.09. The third kappa shape index (κ3) is 3.29. The lowest BCUT2D eigenvalue weighted by Crippen LogP contribution is -2.36. The number of ether oxygens (including phenoxy) is 1. The van der Waals surface area contributed by atoms with E-state index in [2.05, 4.69) is 10.2 Å². The molecule has 0 aliphatic rings. The fraction of sp³-hybridized carbons (Fsp3) is 0.105. The Hall–Kier alpha value is -3.75. The molecule has 0 aliphatic heterocycles. The largest absolute Gasteiger partial charge is 0.452 e. The molecule has 0 radical (unpaired) electrons. The highest BCUT2D eigenvalue weighted by atomic mass is 19.1. The average molecular weight is 387 g/mol. The number of hydrogen-bond acceptors (Lipinski definition) is 4. The van der Waals surface area contributed by atoms with Gasteiger partial charge >= 0.3 is 11.8 Å². The molecule has 144 valence electrons. The maximum atomic E-state index is 14.3. The van der Waals surface area contributed by atoms with Crippen LogP contribution in [0.5, 0.6) is 0 Å². The van der Waals surface area contributed by atoms with Crippen LogP contribution in [0.2, 0.25) is 0 Å². The number of nitrogens with one attached hydrogen (secondary N) is 1. The van der Waals surface area contributed by atoms with Crippen LogP contribution in [0.1, 0.15) is 21.7 Å². The van der Waals surface area contributed by atoms with Crippen molar-refractivity contribution < 1.29 is 23.1 Å². The van der Waals surface area contributed by atoms with Crippen molar-refractivity contribution in [2.75, 3.05) is 12.5 Å². The van der Waals surface area contributed by atoms with Gasteiger partial charge in [0.1, 0.15) is 17.3 Å². The van der Waals surface area contributed by atoms with E-state index in [1.165, 1.54) is 19.1 Å². The Bertz CT molecular complexity index is 1120. The van der Waals surface area contributed by atoms with Gasteiger partial charge in [-0.2, -0.15) is 4.68 Å². The van der Waals surface area contributed by atoms with Crippen molar-refractivity contribution in [3.05, 3.63) is 87.6 Å². The zero-order chi connectivity index (χ0) is 20.4. The zero-order valence-corrected chi connectivity index (χ0v) is 14.9. The van der Waals surface area contributed by atoms with E-state index in [0.29, 0.717) is 10.7 Å². The Morgan fingerprint density at radius 1 is 1.07 bits per heavy atom. The van der Waals surface area contributed by atoms with Crippen LogP contribution in [0, 0.1) is 18.6 Å². The summed E-state index contributed by atoms with van der Waals surface area (Å²) in [6.07, 6.45) is -0.999. The molecule has 3 aromatic rings. The molecule has 1 heterocycles. The lowest BCUT2D eigenvalue weighted by Gasteiger charge is -2.08. The number of imidazole rings is 1. The summed E-state index contributed by atoms with van der Waals surface area (Å²) in [5, 5.41) is 0. The number of carbonyl (C=O) groups excluding carboxylic acids is 2. The van der Waals surface area contributed by atoms with E-state index in [9.17, 15) is 23.2 Å². The highest BCUT2D eigenvalue weighted by molar-refractivity contribution is 6.09. The lowest BCUT2D eigenvalue weighted by atomic mass is 10.1. The van der Waals surface area contributed by atoms with Gasteiger partial charge in [-0.25, -0.2) is 23.8 Å². The monoisotopic (exact) mass is 387 g/mol. The van der Waals surface area contributed by atoms with E-state index in [4.69, 9.17) is 0 Å². The molecule has 0 spiro atoms. The minimum absolute atomic E-state index is 0.0563. The second kappa shape index (κ2) is 7.47. The molecule has 0 atom stereocenters. The Labute approximate surface area is 157 Å². The van der Waals surface area contributed by atoms with Gasteiger partial charge in [0.2, 0.25) is 5.78 Å². The number of nitrogens with zero attached hydrogens (tertiary/aromatic N) is 2. The maximum absolute atomic E-state index is 14.3. The molecule has 3 rings (SSSR count). The van der Waals surface area contributed by atoms with Crippen LogP contribution in [0.3, 0.4) is 0 Å². The topological polar surface area (TPSA) is 82.3 Å². The van der Waals surface area contributed by atoms with Gasteiger partial charge in [0.15, 0.2) is 0 Å². The predicted octanol–water partition coefficient (Wildman–Crippen LogP) is 2.77. The van der Waals surface area contributed by atoms with Crippen LogP contribution in [0.25, 0.3) is 5.69 Å². The highest BCUT2D eigenvalue weighted by Gasteiger charge is 2.27. The van der Waals surface area contributed by atoms with Crippen molar-refractivity contribution in [2.45, 2.75) is 6.92 Å². The van der Waals surface area contributed by atoms with E-state index in [0.717, 1.165) is 23.8 Å². The molecule has 7 nitrogen and oxygen atoms in total. The standard InChI is InChI=1S/C19H15F2N3O4/c1-11-16(17(25)12-6-4-3-5-7-12)24(22-18(26)28-2)19(27)23(11)15-9-8-13(20)10-14(15)21/h3-10H,1-2H3,(H,22,26). The van der Waals surface area contributed by atoms with E-state index >= 15 is 0 Å². The van der Waals surface area contributed by atoms with Gasteiger partial charge in [-0.1, -0.05) is 30.3 Å². The lowest BCUT2D eigenvalue weighted by molar-refractivity contribution is 0.103. The van der Waals surface area contributed by atoms with Crippen LogP contribution in [-0.4, -0.2) is 28.2 Å². The fourth-order valence-electron chi connectivity index (χ4n) is 2.79. The number of benzene rings is 2. The summed E-state index contributed by atoms with van der Waals surface area (Å²) in [5.41, 5.74) is 1.07. The van der Waals surface area contributed by atoms with Crippen molar-refractivity contribution in [1.82, 2.24) is 9.24 Å². The second-order valence-electron chi connectivity index (χ2n) is 5.78. The second-order valence-corrected chi connectivity index (χ2v) is 5.78. The number of halogens is 2. The first-order valence-electron chi connectivity index (χ1n) is 8.09. The molecule has 2 aromatic carbocycles. The summed E-state index contributed by atoms with van der Waals surface area (Å²) in [6.45, 7) is 1.41. The summed E-state index contributed by atoms with van der Waals surface area (Å²) in [4.78, 5) is 37.5. The van der Waals surface area contributed by atoms with Gasteiger partial charge in [0.05, 0.1) is 18.5 Å². The molecule has 0 bridgehead atoms. The first-order valence-corrected chi connectivity index (χ1v) is 8.09. The van der Waals surface area contributed by atoms with E-state index < -0.39 is 29.2 Å². The molecule has 0 saturated heterocycles. The average Bonchev–Trinajstić information content (AvgIpc) is 2.92. The smallest absolute Gasteiger partial charge is 0.426 e. The predicted molar refractivity (Wildman–Crippen MR) is 96.3 cm³/mol. The van der Waals surface area contributed by atoms with Crippen LogP contribution in [0.15, 0.2) is 53.3 Å². The molecule has 0 aliphatic carbocycles. The number of aromatic nitrogens is 2. The van der Waals surface area contributed by atoms with Gasteiger partial charge in [-0.05, 0) is 19.1 Å². The van der Waals surface area contributed by atoms with Crippen LogP contribution in [0.4, 0.5) is 13.6 Å². The van der Waals surface area contributed by atoms with Crippen LogP contribution < -0.4 is 11.1 Å². The van der Waals surface area contributed by atoms with Gasteiger partial charge in [-0.15, -0.1) is 0 Å². The van der Waals surface area contributed by atoms with E-state index in [1.54, 1.807) is 18.2 Å². The molecular formula is C19H15F2N3O4. The summed E-state index contributed by atoms with van der Waals surface area (Å²) < 4.78 is 33.6. The molecule has 9 heteroatoms. The van der Waals surface area contributed by atoms with Crippen molar-refractivity contribution in [3.8, 4) is 5.69 Å². The van der Waals surface area contributed by atoms with Crippen molar-refractivity contribution >= 4 is 11.9 Å². The van der Waals surface area contributed by atoms with Crippen molar-refractivity contribution in [2.24, 2.45) is 0 Å². The Balaban J connectivity index is 2.27. The number of amides is 1. The third-order valence-corrected chi connectivity index (χ3v) is 4.07. The molecule has 1 amide bonds. The van der Waals surface area contributed by atoms with Gasteiger partial charge in [0, 0.05) is 11.6 Å². The van der Waals surface area contributed by atoms with Crippen LogP contribution >= 0.6 is 0 Å². The SMILES string of the molecule is COC(=O)Nn1c(C(=O)c2ccccc2)c(C)n(-c2ccc(F)cc2F)c1=O. The Kier molecular flexibility index (Phi) is 5.08. The van der Waals surface area contributed by atoms with E-state index in [1.807, 2.05) is 0 Å². The Morgan fingerprint density at radius 3 is 2.36 bits per heavy atom. The molecule has 1 aromatic heterocycles. The summed E-state index contributed by atoms with van der Waals surface area (Å²) in [5.74, 6) is -2.40. The van der Waals surface area contributed by atoms with E-state index in [-0.39, 0.29) is 22.6 Å². The molecule has 28 heavy (non-hydrogen) atoms. The Morgan fingerprint density at radius 2 is 1.75 bits per heavy atom. The quantitative estimate of drug-likeness (QED) is 0.698. The molecule has 0 fully saturated rings.